The second-order valence-corrected chi connectivity index (χ2v) is 7.82. The number of anilines is 2. The van der Waals surface area contributed by atoms with E-state index in [0.717, 1.165) is 35.1 Å². The van der Waals surface area contributed by atoms with Crippen LogP contribution in [-0.4, -0.2) is 24.2 Å². The first kappa shape index (κ1) is 19.0. The van der Waals surface area contributed by atoms with Gasteiger partial charge in [-0.25, -0.2) is 4.39 Å². The molecule has 1 aliphatic heterocycles. The molecule has 0 N–H and O–H groups in total. The van der Waals surface area contributed by atoms with Crippen LogP contribution in [0.15, 0.2) is 72.8 Å². The molecule has 0 aromatic heterocycles. The van der Waals surface area contributed by atoms with Crippen molar-refractivity contribution >= 4 is 23.0 Å². The molecule has 4 heteroatoms. The lowest BCUT2D eigenvalue weighted by Gasteiger charge is -2.28. The molecule has 0 amide bonds. The number of alkyl halides is 1. The molecule has 1 aliphatic rings. The highest BCUT2D eigenvalue weighted by Gasteiger charge is 2.23. The molecular formula is C24H24ClFN2. The van der Waals surface area contributed by atoms with Gasteiger partial charge in [0.25, 0.3) is 0 Å². The maximum absolute atomic E-state index is 15.2. The summed E-state index contributed by atoms with van der Waals surface area (Å²) in [5.41, 5.74) is 5.55. The number of benzene rings is 3. The first-order valence-electron chi connectivity index (χ1n) is 9.62. The van der Waals surface area contributed by atoms with Crippen LogP contribution in [0.1, 0.15) is 16.7 Å². The minimum atomic E-state index is -0.967. The van der Waals surface area contributed by atoms with E-state index in [0.29, 0.717) is 13.1 Å². The number of aryl methyl sites for hydroxylation is 1. The molecule has 0 saturated carbocycles. The number of para-hydroxylation sites is 1. The SMILES string of the molecule is Cc1cc(N(CC(F)CN2Cc3ccccc3C2)c2ccccc2)ccc1Cl. The van der Waals surface area contributed by atoms with E-state index < -0.39 is 6.17 Å². The van der Waals surface area contributed by atoms with E-state index in [9.17, 15) is 0 Å². The molecule has 4 rings (SSSR count). The average molecular weight is 395 g/mol. The van der Waals surface area contributed by atoms with Crippen molar-refractivity contribution in [2.24, 2.45) is 0 Å². The van der Waals surface area contributed by atoms with E-state index in [1.165, 1.54) is 11.1 Å². The van der Waals surface area contributed by atoms with Gasteiger partial charge in [-0.05, 0) is 53.9 Å². The summed E-state index contributed by atoms with van der Waals surface area (Å²) < 4.78 is 15.2. The van der Waals surface area contributed by atoms with Crippen molar-refractivity contribution in [2.75, 3.05) is 18.0 Å². The van der Waals surface area contributed by atoms with Gasteiger partial charge in [-0.3, -0.25) is 4.90 Å². The molecule has 3 aromatic carbocycles. The van der Waals surface area contributed by atoms with Crippen molar-refractivity contribution in [1.29, 1.82) is 0 Å². The number of hydrogen-bond acceptors (Lipinski definition) is 2. The number of rotatable bonds is 6. The van der Waals surface area contributed by atoms with Gasteiger partial charge in [-0.2, -0.15) is 0 Å². The topological polar surface area (TPSA) is 6.48 Å². The average Bonchev–Trinajstić information content (AvgIpc) is 3.11. The Bertz CT molecular complexity index is 919. The molecule has 0 radical (unpaired) electrons. The predicted molar refractivity (Wildman–Crippen MR) is 115 cm³/mol. The molecule has 0 spiro atoms. The third-order valence-corrected chi connectivity index (χ3v) is 5.69. The molecular weight excluding hydrogens is 371 g/mol. The summed E-state index contributed by atoms with van der Waals surface area (Å²) in [5, 5.41) is 0.725. The lowest BCUT2D eigenvalue weighted by molar-refractivity contribution is 0.197. The Balaban J connectivity index is 1.50. The number of halogens is 2. The third kappa shape index (κ3) is 4.21. The smallest absolute Gasteiger partial charge is 0.131 e. The highest BCUT2D eigenvalue weighted by molar-refractivity contribution is 6.31. The van der Waals surface area contributed by atoms with Crippen LogP contribution in [0.2, 0.25) is 5.02 Å². The molecule has 3 aromatic rings. The van der Waals surface area contributed by atoms with Crippen molar-refractivity contribution in [3.63, 3.8) is 0 Å². The van der Waals surface area contributed by atoms with Gasteiger partial charge in [0, 0.05) is 36.0 Å². The van der Waals surface area contributed by atoms with Crippen LogP contribution in [0.25, 0.3) is 0 Å². The van der Waals surface area contributed by atoms with Gasteiger partial charge in [0.1, 0.15) is 6.17 Å². The Labute approximate surface area is 171 Å². The van der Waals surface area contributed by atoms with Crippen molar-refractivity contribution < 1.29 is 4.39 Å². The molecule has 1 heterocycles. The zero-order valence-corrected chi connectivity index (χ0v) is 16.7. The van der Waals surface area contributed by atoms with Gasteiger partial charge in [0.05, 0.1) is 6.54 Å². The first-order valence-corrected chi connectivity index (χ1v) is 10.00. The Morgan fingerprint density at radius 3 is 2.21 bits per heavy atom. The third-order valence-electron chi connectivity index (χ3n) is 5.26. The molecule has 0 bridgehead atoms. The minimum Gasteiger partial charge on any atom is -0.338 e. The molecule has 1 unspecified atom stereocenters. The summed E-state index contributed by atoms with van der Waals surface area (Å²) in [4.78, 5) is 4.23. The van der Waals surface area contributed by atoms with Gasteiger partial charge in [-0.1, -0.05) is 54.1 Å². The molecule has 2 nitrogen and oxygen atoms in total. The van der Waals surface area contributed by atoms with Crippen LogP contribution in [0.4, 0.5) is 15.8 Å². The van der Waals surface area contributed by atoms with Gasteiger partial charge in [0.2, 0.25) is 0 Å². The summed E-state index contributed by atoms with van der Waals surface area (Å²) >= 11 is 6.20. The fourth-order valence-electron chi connectivity index (χ4n) is 3.83. The van der Waals surface area contributed by atoms with Crippen LogP contribution >= 0.6 is 11.6 Å². The summed E-state index contributed by atoms with van der Waals surface area (Å²) in [5.74, 6) is 0. The largest absolute Gasteiger partial charge is 0.338 e. The maximum Gasteiger partial charge on any atom is 0.131 e. The summed E-state index contributed by atoms with van der Waals surface area (Å²) in [6.45, 7) is 4.34. The lowest BCUT2D eigenvalue weighted by Crippen LogP contribution is -2.34. The van der Waals surface area contributed by atoms with E-state index in [1.807, 2.05) is 60.4 Å². The highest BCUT2D eigenvalue weighted by Crippen LogP contribution is 2.30. The Hall–Kier alpha value is -2.36. The van der Waals surface area contributed by atoms with Gasteiger partial charge >= 0.3 is 0 Å². The van der Waals surface area contributed by atoms with Crippen molar-refractivity contribution in [2.45, 2.75) is 26.2 Å². The monoisotopic (exact) mass is 394 g/mol. The zero-order valence-electron chi connectivity index (χ0n) is 16.0. The van der Waals surface area contributed by atoms with Crippen molar-refractivity contribution in [1.82, 2.24) is 4.90 Å². The van der Waals surface area contributed by atoms with Crippen molar-refractivity contribution in [3.8, 4) is 0 Å². The molecule has 144 valence electrons. The fraction of sp³-hybridized carbons (Fsp3) is 0.250. The Morgan fingerprint density at radius 2 is 1.57 bits per heavy atom. The quantitative estimate of drug-likeness (QED) is 0.495. The molecule has 0 fully saturated rings. The highest BCUT2D eigenvalue weighted by atomic mass is 35.5. The Morgan fingerprint density at radius 1 is 0.929 bits per heavy atom. The van der Waals surface area contributed by atoms with Crippen LogP contribution in [0, 0.1) is 6.92 Å². The van der Waals surface area contributed by atoms with Gasteiger partial charge in [0.15, 0.2) is 0 Å². The summed E-state index contributed by atoms with van der Waals surface area (Å²) in [7, 11) is 0. The second kappa shape index (κ2) is 8.34. The van der Waals surface area contributed by atoms with E-state index in [4.69, 9.17) is 11.6 Å². The predicted octanol–water partition coefficient (Wildman–Crippen LogP) is 6.14. The second-order valence-electron chi connectivity index (χ2n) is 7.42. The van der Waals surface area contributed by atoms with E-state index in [-0.39, 0.29) is 0 Å². The molecule has 1 atom stereocenters. The first-order chi connectivity index (χ1) is 13.6. The number of fused-ring (bicyclic) bond motifs is 1. The molecule has 28 heavy (non-hydrogen) atoms. The van der Waals surface area contributed by atoms with Crippen LogP contribution in [-0.2, 0) is 13.1 Å². The number of nitrogens with zero attached hydrogens (tertiary/aromatic N) is 2. The van der Waals surface area contributed by atoms with Crippen LogP contribution in [0.5, 0.6) is 0 Å². The fourth-order valence-corrected chi connectivity index (χ4v) is 3.95. The summed E-state index contributed by atoms with van der Waals surface area (Å²) in [6.07, 6.45) is -0.967. The van der Waals surface area contributed by atoms with E-state index >= 15 is 4.39 Å². The van der Waals surface area contributed by atoms with E-state index in [1.54, 1.807) is 0 Å². The van der Waals surface area contributed by atoms with E-state index in [2.05, 4.69) is 29.2 Å². The summed E-state index contributed by atoms with van der Waals surface area (Å²) in [6, 6.07) is 24.2. The zero-order chi connectivity index (χ0) is 19.5. The lowest BCUT2D eigenvalue weighted by atomic mass is 10.1. The van der Waals surface area contributed by atoms with Gasteiger partial charge < -0.3 is 4.90 Å². The van der Waals surface area contributed by atoms with Crippen molar-refractivity contribution in [3.05, 3.63) is 94.5 Å². The Kier molecular flexibility index (Phi) is 5.65. The molecule has 0 saturated heterocycles. The van der Waals surface area contributed by atoms with Crippen LogP contribution < -0.4 is 4.90 Å². The maximum atomic E-state index is 15.2. The molecule has 0 aliphatic carbocycles. The normalized spacial score (nSPS) is 14.7. The minimum absolute atomic E-state index is 0.304. The number of hydrogen-bond donors (Lipinski definition) is 0. The van der Waals surface area contributed by atoms with Crippen LogP contribution in [0.3, 0.4) is 0 Å². The standard InChI is InChI=1S/C24H24ClFN2/c1-18-13-23(11-12-24(18)25)28(22-9-3-2-4-10-22)17-21(26)16-27-14-19-7-5-6-8-20(19)15-27/h2-13,21H,14-17H2,1H3. The van der Waals surface area contributed by atoms with Gasteiger partial charge in [-0.15, -0.1) is 0 Å².